The number of nitrogens with zero attached hydrogens (tertiary/aromatic N) is 1. The third-order valence-corrected chi connectivity index (χ3v) is 3.71. The Morgan fingerprint density at radius 3 is 3.18 bits per heavy atom. The second kappa shape index (κ2) is 1.56. The topological polar surface area (TPSA) is 3.24 Å². The Morgan fingerprint density at radius 1 is 1.64 bits per heavy atom. The first kappa shape index (κ1) is 6.24. The summed E-state index contributed by atoms with van der Waals surface area (Å²) < 4.78 is 0. The number of piperidine rings is 1. The van der Waals surface area contributed by atoms with Crippen LogP contribution in [0.4, 0.5) is 0 Å². The van der Waals surface area contributed by atoms with E-state index in [1.54, 1.807) is 0 Å². The van der Waals surface area contributed by atoms with Crippen LogP contribution in [0.15, 0.2) is 12.2 Å². The highest BCUT2D eigenvalue weighted by atomic mass is 15.3. The predicted octanol–water partition coefficient (Wildman–Crippen LogP) is 1.80. The van der Waals surface area contributed by atoms with Gasteiger partial charge in [-0.05, 0) is 32.1 Å². The molecule has 1 nitrogen and oxygen atoms in total. The molecule has 2 heterocycles. The van der Waals surface area contributed by atoms with E-state index in [0.29, 0.717) is 5.54 Å². The molecule has 11 heavy (non-hydrogen) atoms. The van der Waals surface area contributed by atoms with Crippen LogP contribution in [0.5, 0.6) is 0 Å². The van der Waals surface area contributed by atoms with Crippen molar-refractivity contribution < 1.29 is 0 Å². The first-order valence-electron chi connectivity index (χ1n) is 4.62. The minimum atomic E-state index is 0.532. The van der Waals surface area contributed by atoms with Crippen LogP contribution in [-0.4, -0.2) is 23.0 Å². The SMILES string of the molecule is C=C1CN2[C@@H]3C[C@@H]3C[C@]2(C)C1. The van der Waals surface area contributed by atoms with Gasteiger partial charge in [-0.3, -0.25) is 4.90 Å². The molecule has 0 unspecified atom stereocenters. The molecule has 0 radical (unpaired) electrons. The molecule has 3 aliphatic rings. The van der Waals surface area contributed by atoms with Crippen LogP contribution < -0.4 is 0 Å². The summed E-state index contributed by atoms with van der Waals surface area (Å²) in [6.07, 6.45) is 4.18. The van der Waals surface area contributed by atoms with E-state index < -0.39 is 0 Å². The van der Waals surface area contributed by atoms with E-state index in [-0.39, 0.29) is 0 Å². The van der Waals surface area contributed by atoms with E-state index in [4.69, 9.17) is 0 Å². The average Bonchev–Trinajstić information content (AvgIpc) is 2.46. The Hall–Kier alpha value is -0.300. The summed E-state index contributed by atoms with van der Waals surface area (Å²) in [5, 5.41) is 0. The van der Waals surface area contributed by atoms with Crippen LogP contribution in [0.3, 0.4) is 0 Å². The maximum Gasteiger partial charge on any atom is 0.0228 e. The van der Waals surface area contributed by atoms with Gasteiger partial charge in [-0.1, -0.05) is 12.2 Å². The van der Waals surface area contributed by atoms with Crippen molar-refractivity contribution in [1.82, 2.24) is 4.90 Å². The maximum atomic E-state index is 4.09. The first-order chi connectivity index (χ1) is 5.19. The van der Waals surface area contributed by atoms with Crippen LogP contribution in [0, 0.1) is 5.92 Å². The smallest absolute Gasteiger partial charge is 0.0228 e. The van der Waals surface area contributed by atoms with Gasteiger partial charge >= 0.3 is 0 Å². The van der Waals surface area contributed by atoms with Crippen molar-refractivity contribution in [2.24, 2.45) is 5.92 Å². The number of hydrogen-bond acceptors (Lipinski definition) is 1. The number of fused-ring (bicyclic) bond motifs is 3. The van der Waals surface area contributed by atoms with Gasteiger partial charge in [-0.25, -0.2) is 0 Å². The molecule has 1 saturated carbocycles. The molecule has 1 heteroatoms. The molecule has 0 bridgehead atoms. The van der Waals surface area contributed by atoms with Gasteiger partial charge in [0.2, 0.25) is 0 Å². The monoisotopic (exact) mass is 149 g/mol. The van der Waals surface area contributed by atoms with Gasteiger partial charge in [0.25, 0.3) is 0 Å². The summed E-state index contributed by atoms with van der Waals surface area (Å²) in [6, 6.07) is 0.958. The lowest BCUT2D eigenvalue weighted by Gasteiger charge is -2.29. The summed E-state index contributed by atoms with van der Waals surface area (Å²) >= 11 is 0. The molecule has 3 fully saturated rings. The minimum Gasteiger partial charge on any atom is -0.290 e. The molecule has 3 atom stereocenters. The van der Waals surface area contributed by atoms with Crippen LogP contribution in [0.2, 0.25) is 0 Å². The number of hydrogen-bond donors (Lipinski definition) is 0. The molecule has 0 aromatic heterocycles. The fourth-order valence-electron chi connectivity index (χ4n) is 3.23. The molecule has 0 amide bonds. The Morgan fingerprint density at radius 2 is 2.45 bits per heavy atom. The van der Waals surface area contributed by atoms with Crippen molar-refractivity contribution >= 4 is 0 Å². The van der Waals surface area contributed by atoms with Gasteiger partial charge in [0.05, 0.1) is 0 Å². The van der Waals surface area contributed by atoms with Gasteiger partial charge in [0.15, 0.2) is 0 Å². The van der Waals surface area contributed by atoms with Crippen molar-refractivity contribution in [3.63, 3.8) is 0 Å². The summed E-state index contributed by atoms with van der Waals surface area (Å²) in [7, 11) is 0. The molecule has 3 rings (SSSR count). The van der Waals surface area contributed by atoms with Crippen LogP contribution >= 0.6 is 0 Å². The van der Waals surface area contributed by atoms with E-state index in [1.165, 1.54) is 31.4 Å². The maximum absolute atomic E-state index is 4.09. The van der Waals surface area contributed by atoms with Crippen molar-refractivity contribution in [3.05, 3.63) is 12.2 Å². The van der Waals surface area contributed by atoms with E-state index in [2.05, 4.69) is 18.4 Å². The van der Waals surface area contributed by atoms with E-state index in [0.717, 1.165) is 12.0 Å². The highest BCUT2D eigenvalue weighted by Crippen LogP contribution is 2.57. The van der Waals surface area contributed by atoms with Crippen molar-refractivity contribution in [1.29, 1.82) is 0 Å². The molecule has 2 saturated heterocycles. The van der Waals surface area contributed by atoms with Gasteiger partial charge in [-0.15, -0.1) is 0 Å². The molecular formula is C10H15N. The van der Waals surface area contributed by atoms with Crippen molar-refractivity contribution in [3.8, 4) is 0 Å². The Bertz CT molecular complexity index is 233. The first-order valence-corrected chi connectivity index (χ1v) is 4.62. The molecule has 0 N–H and O–H groups in total. The Labute approximate surface area is 68.1 Å². The summed E-state index contributed by atoms with van der Waals surface area (Å²) in [5.41, 5.74) is 1.99. The fourth-order valence-corrected chi connectivity index (χ4v) is 3.23. The molecule has 2 aliphatic heterocycles. The standard InChI is InChI=1S/C10H15N/c1-7-4-10(2)5-8-3-9(8)11(10)6-7/h8-9H,1,3-6H2,2H3/t8-,9-,10+/m1/s1. The van der Waals surface area contributed by atoms with E-state index in [1.807, 2.05) is 0 Å². The second-order valence-electron chi connectivity index (χ2n) is 4.82. The molecular weight excluding hydrogens is 134 g/mol. The Kier molecular flexibility index (Phi) is 0.885. The molecule has 0 aromatic rings. The van der Waals surface area contributed by atoms with Gasteiger partial charge < -0.3 is 0 Å². The lowest BCUT2D eigenvalue weighted by Crippen LogP contribution is -2.37. The number of rotatable bonds is 0. The highest BCUT2D eigenvalue weighted by molar-refractivity contribution is 5.23. The minimum absolute atomic E-state index is 0.532. The van der Waals surface area contributed by atoms with Gasteiger partial charge in [0.1, 0.15) is 0 Å². The fraction of sp³-hybridized carbons (Fsp3) is 0.800. The van der Waals surface area contributed by atoms with Crippen LogP contribution in [0.1, 0.15) is 26.2 Å². The van der Waals surface area contributed by atoms with Crippen molar-refractivity contribution in [2.75, 3.05) is 6.54 Å². The molecule has 0 spiro atoms. The average molecular weight is 149 g/mol. The molecule has 0 aromatic carbocycles. The lowest BCUT2D eigenvalue weighted by atomic mass is 9.93. The zero-order chi connectivity index (χ0) is 7.64. The predicted molar refractivity (Wildman–Crippen MR) is 45.4 cm³/mol. The van der Waals surface area contributed by atoms with Crippen molar-refractivity contribution in [2.45, 2.75) is 37.8 Å². The van der Waals surface area contributed by atoms with Crippen LogP contribution in [0.25, 0.3) is 0 Å². The summed E-state index contributed by atoms with van der Waals surface area (Å²) in [4.78, 5) is 2.69. The third kappa shape index (κ3) is 0.652. The summed E-state index contributed by atoms with van der Waals surface area (Å²) in [6.45, 7) is 7.70. The zero-order valence-corrected chi connectivity index (χ0v) is 7.14. The van der Waals surface area contributed by atoms with Crippen LogP contribution in [-0.2, 0) is 0 Å². The second-order valence-corrected chi connectivity index (χ2v) is 4.82. The third-order valence-electron chi connectivity index (χ3n) is 3.71. The van der Waals surface area contributed by atoms with Gasteiger partial charge in [0, 0.05) is 18.1 Å². The highest BCUT2D eigenvalue weighted by Gasteiger charge is 2.59. The van der Waals surface area contributed by atoms with E-state index >= 15 is 0 Å². The lowest BCUT2D eigenvalue weighted by molar-refractivity contribution is 0.181. The molecule has 60 valence electrons. The quantitative estimate of drug-likeness (QED) is 0.475. The van der Waals surface area contributed by atoms with E-state index in [9.17, 15) is 0 Å². The Balaban J connectivity index is 1.96. The van der Waals surface area contributed by atoms with Gasteiger partial charge in [-0.2, -0.15) is 0 Å². The zero-order valence-electron chi connectivity index (χ0n) is 7.14. The molecule has 1 aliphatic carbocycles. The summed E-state index contributed by atoms with van der Waals surface area (Å²) in [5.74, 6) is 1.06. The normalized spacial score (nSPS) is 54.5. The largest absolute Gasteiger partial charge is 0.290 e.